The molecule has 0 aliphatic heterocycles. The fourth-order valence-electron chi connectivity index (χ4n) is 1.89. The fourth-order valence-corrected chi connectivity index (χ4v) is 2.08. The first kappa shape index (κ1) is 10.3. The van der Waals surface area contributed by atoms with Crippen molar-refractivity contribution >= 4 is 11.6 Å². The van der Waals surface area contributed by atoms with Gasteiger partial charge in [0.2, 0.25) is 0 Å². The Kier molecular flexibility index (Phi) is 2.83. The molecule has 1 heterocycles. The van der Waals surface area contributed by atoms with Crippen LogP contribution in [-0.4, -0.2) is 4.57 Å². The van der Waals surface area contributed by atoms with E-state index in [1.54, 1.807) is 0 Å². The van der Waals surface area contributed by atoms with Gasteiger partial charge < -0.3 is 4.57 Å². The lowest BCUT2D eigenvalue weighted by atomic mass is 10.1. The topological polar surface area (TPSA) is 4.93 Å². The van der Waals surface area contributed by atoms with Crippen LogP contribution < -0.4 is 0 Å². The van der Waals surface area contributed by atoms with Gasteiger partial charge in [0, 0.05) is 23.0 Å². The summed E-state index contributed by atoms with van der Waals surface area (Å²) < 4.78 is 2.28. The number of hydrogen-bond acceptors (Lipinski definition) is 0. The van der Waals surface area contributed by atoms with Crippen molar-refractivity contribution in [1.29, 1.82) is 0 Å². The third kappa shape index (κ3) is 1.93. The van der Waals surface area contributed by atoms with Gasteiger partial charge in [0.1, 0.15) is 0 Å². The molecule has 0 N–H and O–H groups in total. The van der Waals surface area contributed by atoms with Crippen molar-refractivity contribution in [2.45, 2.75) is 20.4 Å². The summed E-state index contributed by atoms with van der Waals surface area (Å²) in [5.74, 6) is 0. The molecule has 0 spiro atoms. The van der Waals surface area contributed by atoms with Crippen LogP contribution >= 0.6 is 11.6 Å². The number of rotatable bonds is 2. The molecular weight excluding hydrogens is 206 g/mol. The standard InChI is InChI=1S/C13H14ClN/c1-3-15-10(2)7-8-13(15)11-5-4-6-12(14)9-11/h4-9H,3H2,1-2H3. The monoisotopic (exact) mass is 219 g/mol. The van der Waals surface area contributed by atoms with Gasteiger partial charge in [-0.05, 0) is 43.7 Å². The Hall–Kier alpha value is -1.21. The largest absolute Gasteiger partial charge is 0.345 e. The molecule has 0 atom stereocenters. The first-order chi connectivity index (χ1) is 7.22. The third-order valence-electron chi connectivity index (χ3n) is 2.64. The minimum absolute atomic E-state index is 0.786. The van der Waals surface area contributed by atoms with Crippen molar-refractivity contribution in [2.75, 3.05) is 0 Å². The van der Waals surface area contributed by atoms with Gasteiger partial charge in [-0.15, -0.1) is 0 Å². The lowest BCUT2D eigenvalue weighted by Gasteiger charge is -2.09. The zero-order valence-corrected chi connectivity index (χ0v) is 9.75. The van der Waals surface area contributed by atoms with E-state index >= 15 is 0 Å². The number of benzene rings is 1. The van der Waals surface area contributed by atoms with E-state index in [0.29, 0.717) is 0 Å². The van der Waals surface area contributed by atoms with E-state index in [0.717, 1.165) is 11.6 Å². The van der Waals surface area contributed by atoms with Gasteiger partial charge in [-0.25, -0.2) is 0 Å². The Bertz CT molecular complexity index is 471. The van der Waals surface area contributed by atoms with E-state index in [1.807, 2.05) is 18.2 Å². The lowest BCUT2D eigenvalue weighted by Crippen LogP contribution is -1.98. The highest BCUT2D eigenvalue weighted by molar-refractivity contribution is 6.30. The molecule has 1 aromatic heterocycles. The quantitative estimate of drug-likeness (QED) is 0.716. The first-order valence-electron chi connectivity index (χ1n) is 5.14. The number of hydrogen-bond donors (Lipinski definition) is 0. The van der Waals surface area contributed by atoms with Crippen LogP contribution in [0.2, 0.25) is 5.02 Å². The van der Waals surface area contributed by atoms with Crippen LogP contribution in [0, 0.1) is 6.92 Å². The molecule has 2 aromatic rings. The summed E-state index contributed by atoms with van der Waals surface area (Å²) in [6.07, 6.45) is 0. The van der Waals surface area contributed by atoms with Crippen molar-refractivity contribution < 1.29 is 0 Å². The molecule has 0 bridgehead atoms. The zero-order chi connectivity index (χ0) is 10.8. The van der Waals surface area contributed by atoms with E-state index in [2.05, 4.69) is 36.6 Å². The van der Waals surface area contributed by atoms with E-state index < -0.39 is 0 Å². The Morgan fingerprint density at radius 3 is 2.67 bits per heavy atom. The molecular formula is C13H14ClN. The van der Waals surface area contributed by atoms with Gasteiger partial charge in [0.15, 0.2) is 0 Å². The predicted octanol–water partition coefficient (Wildman–Crippen LogP) is 4.14. The maximum Gasteiger partial charge on any atom is 0.0482 e. The maximum absolute atomic E-state index is 5.99. The summed E-state index contributed by atoms with van der Waals surface area (Å²) in [7, 11) is 0. The molecule has 0 saturated heterocycles. The lowest BCUT2D eigenvalue weighted by molar-refractivity contribution is 0.750. The van der Waals surface area contributed by atoms with Gasteiger partial charge in [0.05, 0.1) is 0 Å². The molecule has 0 amide bonds. The average Bonchev–Trinajstić information content (AvgIpc) is 2.59. The van der Waals surface area contributed by atoms with Crippen molar-refractivity contribution in [3.05, 3.63) is 47.1 Å². The molecule has 78 valence electrons. The fraction of sp³-hybridized carbons (Fsp3) is 0.231. The number of halogens is 1. The highest BCUT2D eigenvalue weighted by atomic mass is 35.5. The molecule has 2 rings (SSSR count). The van der Waals surface area contributed by atoms with Gasteiger partial charge in [0.25, 0.3) is 0 Å². The van der Waals surface area contributed by atoms with Gasteiger partial charge in [-0.1, -0.05) is 23.7 Å². The minimum atomic E-state index is 0.786. The molecule has 1 aromatic carbocycles. The van der Waals surface area contributed by atoms with Crippen LogP contribution in [0.5, 0.6) is 0 Å². The number of nitrogens with zero attached hydrogens (tertiary/aromatic N) is 1. The van der Waals surface area contributed by atoms with Crippen molar-refractivity contribution in [2.24, 2.45) is 0 Å². The van der Waals surface area contributed by atoms with E-state index in [-0.39, 0.29) is 0 Å². The summed E-state index contributed by atoms with van der Waals surface area (Å²) >= 11 is 5.99. The van der Waals surface area contributed by atoms with Gasteiger partial charge in [-0.2, -0.15) is 0 Å². The molecule has 0 radical (unpaired) electrons. The predicted molar refractivity (Wildman–Crippen MR) is 65.3 cm³/mol. The Balaban J connectivity index is 2.54. The second kappa shape index (κ2) is 4.11. The van der Waals surface area contributed by atoms with Crippen molar-refractivity contribution in [3.63, 3.8) is 0 Å². The molecule has 0 unspecified atom stereocenters. The van der Waals surface area contributed by atoms with Crippen LogP contribution in [0.25, 0.3) is 11.3 Å². The zero-order valence-electron chi connectivity index (χ0n) is 9.00. The summed E-state index contributed by atoms with van der Waals surface area (Å²) in [4.78, 5) is 0. The van der Waals surface area contributed by atoms with E-state index in [1.165, 1.54) is 17.0 Å². The SMILES string of the molecule is CCn1c(C)ccc1-c1cccc(Cl)c1. The van der Waals surface area contributed by atoms with Crippen LogP contribution in [-0.2, 0) is 6.54 Å². The smallest absolute Gasteiger partial charge is 0.0482 e. The molecule has 0 aliphatic rings. The number of aryl methyl sites for hydroxylation is 1. The summed E-state index contributed by atoms with van der Waals surface area (Å²) in [6, 6.07) is 12.3. The molecule has 0 fully saturated rings. The van der Waals surface area contributed by atoms with Crippen molar-refractivity contribution in [1.82, 2.24) is 4.57 Å². The Morgan fingerprint density at radius 2 is 2.00 bits per heavy atom. The molecule has 0 aliphatic carbocycles. The summed E-state index contributed by atoms with van der Waals surface area (Å²) in [5.41, 5.74) is 3.70. The van der Waals surface area contributed by atoms with Gasteiger partial charge in [-0.3, -0.25) is 0 Å². The highest BCUT2D eigenvalue weighted by Gasteiger charge is 2.05. The maximum atomic E-state index is 5.99. The van der Waals surface area contributed by atoms with Crippen molar-refractivity contribution in [3.8, 4) is 11.3 Å². The molecule has 0 saturated carbocycles. The van der Waals surface area contributed by atoms with Crippen LogP contribution in [0.15, 0.2) is 36.4 Å². The average molecular weight is 220 g/mol. The molecule has 15 heavy (non-hydrogen) atoms. The Labute approximate surface area is 95.3 Å². The summed E-state index contributed by atoms with van der Waals surface area (Å²) in [5, 5.41) is 0.786. The Morgan fingerprint density at radius 1 is 1.20 bits per heavy atom. The minimum Gasteiger partial charge on any atom is -0.345 e. The van der Waals surface area contributed by atoms with Crippen LogP contribution in [0.4, 0.5) is 0 Å². The van der Waals surface area contributed by atoms with E-state index in [4.69, 9.17) is 11.6 Å². The van der Waals surface area contributed by atoms with E-state index in [9.17, 15) is 0 Å². The van der Waals surface area contributed by atoms with Gasteiger partial charge >= 0.3 is 0 Å². The first-order valence-corrected chi connectivity index (χ1v) is 5.52. The van der Waals surface area contributed by atoms with Crippen LogP contribution in [0.3, 0.4) is 0 Å². The second-order valence-corrected chi connectivity index (χ2v) is 4.05. The normalized spacial score (nSPS) is 10.6. The highest BCUT2D eigenvalue weighted by Crippen LogP contribution is 2.24. The molecule has 1 nitrogen and oxygen atoms in total. The van der Waals surface area contributed by atoms with Crippen LogP contribution in [0.1, 0.15) is 12.6 Å². The second-order valence-electron chi connectivity index (χ2n) is 3.61. The number of aromatic nitrogens is 1. The third-order valence-corrected chi connectivity index (χ3v) is 2.87. The molecule has 2 heteroatoms. The summed E-state index contributed by atoms with van der Waals surface area (Å²) in [6.45, 7) is 5.26.